The van der Waals surface area contributed by atoms with E-state index >= 15 is 0 Å². The smallest absolute Gasteiger partial charge is 0.243 e. The minimum atomic E-state index is -3.75. The first kappa shape index (κ1) is 23.8. The lowest BCUT2D eigenvalue weighted by molar-refractivity contribution is 0.367. The van der Waals surface area contributed by atoms with Gasteiger partial charge in [-0.1, -0.05) is 23.7 Å². The topological polar surface area (TPSA) is 84.9 Å². The molecule has 1 saturated heterocycles. The number of rotatable bonds is 6. The molecule has 8 nitrogen and oxygen atoms in total. The molecule has 35 heavy (non-hydrogen) atoms. The van der Waals surface area contributed by atoms with Crippen LogP contribution in [-0.2, 0) is 23.0 Å². The molecule has 3 heterocycles. The number of halogens is 1. The number of piperidine rings is 1. The maximum absolute atomic E-state index is 13.4. The van der Waals surface area contributed by atoms with Crippen LogP contribution < -0.4 is 14.4 Å². The molecule has 1 aromatic heterocycles. The zero-order valence-electron chi connectivity index (χ0n) is 19.5. The molecule has 0 aliphatic carbocycles. The van der Waals surface area contributed by atoms with Crippen molar-refractivity contribution in [1.82, 2.24) is 14.3 Å². The summed E-state index contributed by atoms with van der Waals surface area (Å²) in [6.45, 7) is 2.22. The fourth-order valence-electron chi connectivity index (χ4n) is 4.42. The van der Waals surface area contributed by atoms with Crippen molar-refractivity contribution in [2.24, 2.45) is 0 Å². The van der Waals surface area contributed by atoms with Crippen molar-refractivity contribution >= 4 is 27.6 Å². The maximum Gasteiger partial charge on any atom is 0.243 e. The molecule has 0 saturated carbocycles. The molecule has 2 aliphatic heterocycles. The van der Waals surface area contributed by atoms with Gasteiger partial charge in [-0.15, -0.1) is 0 Å². The van der Waals surface area contributed by atoms with Crippen molar-refractivity contribution in [3.63, 3.8) is 0 Å². The van der Waals surface area contributed by atoms with Crippen LogP contribution in [-0.4, -0.2) is 49.4 Å². The highest BCUT2D eigenvalue weighted by Crippen LogP contribution is 2.35. The van der Waals surface area contributed by atoms with Gasteiger partial charge in [0.15, 0.2) is 0 Å². The van der Waals surface area contributed by atoms with Crippen LogP contribution in [0.3, 0.4) is 0 Å². The van der Waals surface area contributed by atoms with Gasteiger partial charge in [0.05, 0.1) is 23.3 Å². The van der Waals surface area contributed by atoms with E-state index in [0.717, 1.165) is 31.6 Å². The Labute approximate surface area is 210 Å². The molecule has 5 rings (SSSR count). The molecule has 10 heteroatoms. The molecule has 0 bridgehead atoms. The minimum absolute atomic E-state index is 0.115. The van der Waals surface area contributed by atoms with Gasteiger partial charge in [0.25, 0.3) is 0 Å². The van der Waals surface area contributed by atoms with Crippen LogP contribution in [0.4, 0.5) is 5.95 Å². The van der Waals surface area contributed by atoms with Crippen LogP contribution >= 0.6 is 11.6 Å². The molecule has 0 N–H and O–H groups in total. The Morgan fingerprint density at radius 1 is 0.943 bits per heavy atom. The molecule has 1 fully saturated rings. The van der Waals surface area contributed by atoms with Gasteiger partial charge in [-0.2, -0.15) is 9.29 Å². The average molecular weight is 515 g/mol. The summed E-state index contributed by atoms with van der Waals surface area (Å²) in [6, 6.07) is 13.6. The molecule has 0 unspecified atom stereocenters. The summed E-state index contributed by atoms with van der Waals surface area (Å²) in [6.07, 6.45) is 3.86. The Bertz CT molecular complexity index is 1330. The van der Waals surface area contributed by atoms with Gasteiger partial charge in [-0.05, 0) is 49.6 Å². The number of aromatic nitrogens is 2. The van der Waals surface area contributed by atoms with E-state index in [9.17, 15) is 8.42 Å². The summed E-state index contributed by atoms with van der Waals surface area (Å²) in [4.78, 5) is 12.0. The highest BCUT2D eigenvalue weighted by Gasteiger charge is 2.32. The quantitative estimate of drug-likeness (QED) is 0.472. The van der Waals surface area contributed by atoms with E-state index in [2.05, 4.69) is 4.90 Å². The Kier molecular flexibility index (Phi) is 6.82. The third kappa shape index (κ3) is 5.07. The Balaban J connectivity index is 1.52. The summed E-state index contributed by atoms with van der Waals surface area (Å²) >= 11 is 6.06. The maximum atomic E-state index is 13.4. The standard InChI is InChI=1S/C25H27ClN4O4S/c1-33-19-8-6-9-20(16-19)34-24-22-17-30(35(31,32)21-10-5-7-18(26)15-21)14-11-23(22)27-25(28-24)29-12-3-2-4-13-29/h5-10,15-16H,2-4,11-14,17H2,1H3. The fourth-order valence-corrected chi connectivity index (χ4v) is 6.13. The Hall–Kier alpha value is -2.88. The van der Waals surface area contributed by atoms with Gasteiger partial charge in [-0.3, -0.25) is 0 Å². The number of nitrogens with zero attached hydrogens (tertiary/aromatic N) is 4. The molecular weight excluding hydrogens is 488 g/mol. The zero-order valence-corrected chi connectivity index (χ0v) is 21.1. The van der Waals surface area contributed by atoms with E-state index in [0.29, 0.717) is 46.9 Å². The minimum Gasteiger partial charge on any atom is -0.497 e. The number of fused-ring (bicyclic) bond motifs is 1. The van der Waals surface area contributed by atoms with Crippen molar-refractivity contribution < 1.29 is 17.9 Å². The Morgan fingerprint density at radius 2 is 1.71 bits per heavy atom. The molecular formula is C25H27ClN4O4S. The number of hydrogen-bond acceptors (Lipinski definition) is 7. The number of ether oxygens (including phenoxy) is 2. The summed E-state index contributed by atoms with van der Waals surface area (Å²) in [5.41, 5.74) is 1.49. The van der Waals surface area contributed by atoms with Gasteiger partial charge in [0.1, 0.15) is 11.5 Å². The zero-order chi connectivity index (χ0) is 24.4. The summed E-state index contributed by atoms with van der Waals surface area (Å²) in [5, 5.41) is 0.375. The van der Waals surface area contributed by atoms with Crippen molar-refractivity contribution in [3.05, 3.63) is 64.8 Å². The molecule has 0 radical (unpaired) electrons. The first-order valence-electron chi connectivity index (χ1n) is 11.7. The number of hydrogen-bond donors (Lipinski definition) is 0. The lowest BCUT2D eigenvalue weighted by Gasteiger charge is -2.31. The van der Waals surface area contributed by atoms with Gasteiger partial charge in [-0.25, -0.2) is 13.4 Å². The summed E-state index contributed by atoms with van der Waals surface area (Å²) in [5.74, 6) is 2.22. The van der Waals surface area contributed by atoms with E-state index in [1.165, 1.54) is 16.8 Å². The van der Waals surface area contributed by atoms with Gasteiger partial charge >= 0.3 is 0 Å². The molecule has 0 amide bonds. The summed E-state index contributed by atoms with van der Waals surface area (Å²) < 4.78 is 39.8. The van der Waals surface area contributed by atoms with Gasteiger partial charge < -0.3 is 14.4 Å². The highest BCUT2D eigenvalue weighted by molar-refractivity contribution is 7.89. The van der Waals surface area contributed by atoms with Crippen molar-refractivity contribution in [1.29, 1.82) is 0 Å². The van der Waals surface area contributed by atoms with E-state index in [1.807, 2.05) is 18.2 Å². The van der Waals surface area contributed by atoms with E-state index in [4.69, 9.17) is 31.0 Å². The number of methoxy groups -OCH3 is 1. The largest absolute Gasteiger partial charge is 0.497 e. The van der Waals surface area contributed by atoms with Gasteiger partial charge in [0.2, 0.25) is 21.9 Å². The number of anilines is 1. The van der Waals surface area contributed by atoms with Crippen LogP contribution in [0.15, 0.2) is 53.4 Å². The van der Waals surface area contributed by atoms with Crippen LogP contribution in [0.1, 0.15) is 30.5 Å². The second-order valence-corrected chi connectivity index (χ2v) is 11.0. The van der Waals surface area contributed by atoms with Crippen LogP contribution in [0, 0.1) is 0 Å². The van der Waals surface area contributed by atoms with E-state index < -0.39 is 10.0 Å². The number of sulfonamides is 1. The predicted octanol–water partition coefficient (Wildman–Crippen LogP) is 4.67. The Morgan fingerprint density at radius 3 is 2.49 bits per heavy atom. The fraction of sp³-hybridized carbons (Fsp3) is 0.360. The highest BCUT2D eigenvalue weighted by atomic mass is 35.5. The van der Waals surface area contributed by atoms with Crippen LogP contribution in [0.5, 0.6) is 17.4 Å². The first-order valence-corrected chi connectivity index (χ1v) is 13.5. The lowest BCUT2D eigenvalue weighted by atomic mass is 10.1. The average Bonchev–Trinajstić information content (AvgIpc) is 2.89. The first-order chi connectivity index (χ1) is 16.9. The second kappa shape index (κ2) is 10.0. The molecule has 184 valence electrons. The third-order valence-electron chi connectivity index (χ3n) is 6.30. The summed E-state index contributed by atoms with van der Waals surface area (Å²) in [7, 11) is -2.15. The number of benzene rings is 2. The molecule has 2 aliphatic rings. The normalized spacial score (nSPS) is 16.6. The molecule has 3 aromatic rings. The molecule has 2 aromatic carbocycles. The predicted molar refractivity (Wildman–Crippen MR) is 134 cm³/mol. The van der Waals surface area contributed by atoms with E-state index in [1.54, 1.807) is 31.4 Å². The van der Waals surface area contributed by atoms with E-state index in [-0.39, 0.29) is 11.4 Å². The second-order valence-electron chi connectivity index (χ2n) is 8.63. The molecule has 0 spiro atoms. The monoisotopic (exact) mass is 514 g/mol. The SMILES string of the molecule is COc1cccc(Oc2nc(N3CCCCC3)nc3c2CN(S(=O)(=O)c2cccc(Cl)c2)CC3)c1. The molecule has 0 atom stereocenters. The van der Waals surface area contributed by atoms with Crippen LogP contribution in [0.2, 0.25) is 5.02 Å². The van der Waals surface area contributed by atoms with Crippen molar-refractivity contribution in [2.45, 2.75) is 37.1 Å². The van der Waals surface area contributed by atoms with Gasteiger partial charge in [0, 0.05) is 43.7 Å². The third-order valence-corrected chi connectivity index (χ3v) is 8.38. The van der Waals surface area contributed by atoms with Crippen molar-refractivity contribution in [3.8, 4) is 17.4 Å². The van der Waals surface area contributed by atoms with Crippen molar-refractivity contribution in [2.75, 3.05) is 31.6 Å². The van der Waals surface area contributed by atoms with Crippen LogP contribution in [0.25, 0.3) is 0 Å². The lowest BCUT2D eigenvalue weighted by Crippen LogP contribution is -2.37.